The molecule has 0 saturated heterocycles. The number of anilines is 2. The number of rotatable bonds is 5. The number of carbonyl (C=O) groups is 1. The van der Waals surface area contributed by atoms with Gasteiger partial charge in [-0.15, -0.1) is 10.2 Å². The third-order valence-electron chi connectivity index (χ3n) is 4.67. The van der Waals surface area contributed by atoms with Gasteiger partial charge in [0.15, 0.2) is 5.82 Å². The first kappa shape index (κ1) is 15.6. The number of aromatic amines is 1. The first-order chi connectivity index (χ1) is 12.3. The monoisotopic (exact) mass is 335 g/mol. The fourth-order valence-electron chi connectivity index (χ4n) is 3.39. The van der Waals surface area contributed by atoms with Crippen LogP contribution in [0.3, 0.4) is 0 Å². The number of fused-ring (bicyclic) bond motifs is 1. The SMILES string of the molecule is O=C(Cc1c[nH]c2ccccc12)Nc1ccc(NC2CCCC2)nn1. The van der Waals surface area contributed by atoms with E-state index in [4.69, 9.17) is 0 Å². The van der Waals surface area contributed by atoms with E-state index in [-0.39, 0.29) is 5.91 Å². The van der Waals surface area contributed by atoms with Crippen LogP contribution in [-0.2, 0) is 11.2 Å². The van der Waals surface area contributed by atoms with Crippen molar-refractivity contribution in [2.45, 2.75) is 38.1 Å². The molecule has 25 heavy (non-hydrogen) atoms. The largest absolute Gasteiger partial charge is 0.366 e. The third kappa shape index (κ3) is 3.63. The van der Waals surface area contributed by atoms with Crippen molar-refractivity contribution >= 4 is 28.4 Å². The zero-order chi connectivity index (χ0) is 17.1. The van der Waals surface area contributed by atoms with E-state index in [1.807, 2.05) is 36.5 Å². The van der Waals surface area contributed by atoms with Crippen LogP contribution in [0.2, 0.25) is 0 Å². The molecule has 0 unspecified atom stereocenters. The van der Waals surface area contributed by atoms with Gasteiger partial charge in [0.1, 0.15) is 5.82 Å². The van der Waals surface area contributed by atoms with E-state index in [2.05, 4.69) is 25.8 Å². The second-order valence-electron chi connectivity index (χ2n) is 6.51. The van der Waals surface area contributed by atoms with E-state index >= 15 is 0 Å². The lowest BCUT2D eigenvalue weighted by Gasteiger charge is -2.12. The van der Waals surface area contributed by atoms with Crippen molar-refractivity contribution in [1.82, 2.24) is 15.2 Å². The standard InChI is InChI=1S/C19H21N5O/c25-19(11-13-12-20-16-8-4-3-7-15(13)16)22-18-10-9-17(23-24-18)21-14-5-1-2-6-14/h3-4,7-10,12,14,20H,1-2,5-6,11H2,(H,21,23)(H,22,24,25). The van der Waals surface area contributed by atoms with Crippen molar-refractivity contribution < 1.29 is 4.79 Å². The average Bonchev–Trinajstić information content (AvgIpc) is 3.27. The van der Waals surface area contributed by atoms with Crippen LogP contribution in [0.15, 0.2) is 42.6 Å². The Hall–Kier alpha value is -2.89. The Morgan fingerprint density at radius 2 is 1.84 bits per heavy atom. The Balaban J connectivity index is 1.37. The Morgan fingerprint density at radius 3 is 2.64 bits per heavy atom. The maximum absolute atomic E-state index is 12.3. The summed E-state index contributed by atoms with van der Waals surface area (Å²) >= 11 is 0. The number of aromatic nitrogens is 3. The van der Waals surface area contributed by atoms with Crippen molar-refractivity contribution in [3.05, 3.63) is 48.2 Å². The summed E-state index contributed by atoms with van der Waals surface area (Å²) in [6.07, 6.45) is 7.09. The lowest BCUT2D eigenvalue weighted by molar-refractivity contribution is -0.115. The number of hydrogen-bond acceptors (Lipinski definition) is 4. The summed E-state index contributed by atoms with van der Waals surface area (Å²) in [5.74, 6) is 1.14. The fourth-order valence-corrected chi connectivity index (χ4v) is 3.39. The van der Waals surface area contributed by atoms with E-state index in [0.717, 1.165) is 22.3 Å². The molecule has 1 saturated carbocycles. The van der Waals surface area contributed by atoms with Crippen molar-refractivity contribution in [2.24, 2.45) is 0 Å². The van der Waals surface area contributed by atoms with E-state index in [1.165, 1.54) is 25.7 Å². The molecule has 1 fully saturated rings. The van der Waals surface area contributed by atoms with E-state index in [9.17, 15) is 4.79 Å². The molecule has 3 aromatic rings. The first-order valence-electron chi connectivity index (χ1n) is 8.73. The van der Waals surface area contributed by atoms with Crippen LogP contribution in [-0.4, -0.2) is 27.1 Å². The van der Waals surface area contributed by atoms with Gasteiger partial charge in [0.05, 0.1) is 6.42 Å². The van der Waals surface area contributed by atoms with E-state index in [0.29, 0.717) is 18.3 Å². The molecule has 6 heteroatoms. The number of benzene rings is 1. The lowest BCUT2D eigenvalue weighted by atomic mass is 10.1. The summed E-state index contributed by atoms with van der Waals surface area (Å²) in [5, 5.41) is 15.5. The fraction of sp³-hybridized carbons (Fsp3) is 0.316. The summed E-state index contributed by atoms with van der Waals surface area (Å²) in [6.45, 7) is 0. The molecule has 0 aliphatic heterocycles. The Labute approximate surface area is 146 Å². The molecule has 2 heterocycles. The minimum absolute atomic E-state index is 0.101. The van der Waals surface area contributed by atoms with Gasteiger partial charge in [-0.25, -0.2) is 0 Å². The van der Waals surface area contributed by atoms with Crippen LogP contribution < -0.4 is 10.6 Å². The van der Waals surface area contributed by atoms with Crippen molar-refractivity contribution in [3.8, 4) is 0 Å². The lowest BCUT2D eigenvalue weighted by Crippen LogP contribution is -2.18. The summed E-state index contributed by atoms with van der Waals surface area (Å²) in [6, 6.07) is 12.1. The molecule has 0 radical (unpaired) electrons. The summed E-state index contributed by atoms with van der Waals surface area (Å²) < 4.78 is 0. The minimum Gasteiger partial charge on any atom is -0.366 e. The first-order valence-corrected chi connectivity index (χ1v) is 8.73. The highest BCUT2D eigenvalue weighted by atomic mass is 16.1. The highest BCUT2D eigenvalue weighted by Gasteiger charge is 2.15. The van der Waals surface area contributed by atoms with Crippen LogP contribution >= 0.6 is 0 Å². The quantitative estimate of drug-likeness (QED) is 0.666. The van der Waals surface area contributed by atoms with Gasteiger partial charge >= 0.3 is 0 Å². The number of nitrogens with zero attached hydrogens (tertiary/aromatic N) is 2. The van der Waals surface area contributed by atoms with Crippen LogP contribution in [0, 0.1) is 0 Å². The Kier molecular flexibility index (Phi) is 4.33. The van der Waals surface area contributed by atoms with Gasteiger partial charge in [0.25, 0.3) is 0 Å². The molecular weight excluding hydrogens is 314 g/mol. The second-order valence-corrected chi connectivity index (χ2v) is 6.51. The molecule has 0 atom stereocenters. The summed E-state index contributed by atoms with van der Waals surface area (Å²) in [4.78, 5) is 15.5. The highest BCUT2D eigenvalue weighted by molar-refractivity contribution is 5.95. The maximum atomic E-state index is 12.3. The van der Waals surface area contributed by atoms with Gasteiger partial charge < -0.3 is 15.6 Å². The van der Waals surface area contributed by atoms with Gasteiger partial charge in [-0.1, -0.05) is 31.0 Å². The average molecular weight is 335 g/mol. The Bertz CT molecular complexity index is 865. The molecular formula is C19H21N5O. The number of carbonyl (C=O) groups excluding carboxylic acids is 1. The Morgan fingerprint density at radius 1 is 1.08 bits per heavy atom. The van der Waals surface area contributed by atoms with Gasteiger partial charge in [0.2, 0.25) is 5.91 Å². The molecule has 1 aliphatic carbocycles. The molecule has 2 aromatic heterocycles. The third-order valence-corrected chi connectivity index (χ3v) is 4.67. The topological polar surface area (TPSA) is 82.7 Å². The van der Waals surface area contributed by atoms with Gasteiger partial charge in [-0.3, -0.25) is 4.79 Å². The molecule has 128 valence electrons. The molecule has 0 spiro atoms. The number of amides is 1. The maximum Gasteiger partial charge on any atom is 0.230 e. The van der Waals surface area contributed by atoms with Crippen LogP contribution in [0.1, 0.15) is 31.2 Å². The van der Waals surface area contributed by atoms with Crippen LogP contribution in [0.4, 0.5) is 11.6 Å². The highest BCUT2D eigenvalue weighted by Crippen LogP contribution is 2.21. The van der Waals surface area contributed by atoms with E-state index in [1.54, 1.807) is 6.07 Å². The zero-order valence-corrected chi connectivity index (χ0v) is 14.0. The molecule has 3 N–H and O–H groups in total. The molecule has 1 amide bonds. The van der Waals surface area contributed by atoms with Gasteiger partial charge in [-0.2, -0.15) is 0 Å². The van der Waals surface area contributed by atoms with E-state index < -0.39 is 0 Å². The number of hydrogen-bond donors (Lipinski definition) is 3. The van der Waals surface area contributed by atoms with Crippen molar-refractivity contribution in [3.63, 3.8) is 0 Å². The molecule has 1 aromatic carbocycles. The number of para-hydroxylation sites is 1. The van der Waals surface area contributed by atoms with Gasteiger partial charge in [-0.05, 0) is 36.6 Å². The minimum atomic E-state index is -0.101. The summed E-state index contributed by atoms with van der Waals surface area (Å²) in [7, 11) is 0. The van der Waals surface area contributed by atoms with Gasteiger partial charge in [0, 0.05) is 23.1 Å². The smallest absolute Gasteiger partial charge is 0.230 e. The number of H-pyrrole nitrogens is 1. The van der Waals surface area contributed by atoms with Crippen molar-refractivity contribution in [1.29, 1.82) is 0 Å². The predicted octanol–water partition coefficient (Wildman–Crippen LogP) is 3.49. The molecule has 6 nitrogen and oxygen atoms in total. The second kappa shape index (κ2) is 6.93. The van der Waals surface area contributed by atoms with Crippen LogP contribution in [0.5, 0.6) is 0 Å². The molecule has 4 rings (SSSR count). The molecule has 1 aliphatic rings. The normalized spacial score (nSPS) is 14.7. The zero-order valence-electron chi connectivity index (χ0n) is 14.0. The number of nitrogens with one attached hydrogen (secondary N) is 3. The summed E-state index contributed by atoms with van der Waals surface area (Å²) in [5.41, 5.74) is 2.01. The molecule has 0 bridgehead atoms. The van der Waals surface area contributed by atoms with Crippen molar-refractivity contribution in [2.75, 3.05) is 10.6 Å². The van der Waals surface area contributed by atoms with Crippen LogP contribution in [0.25, 0.3) is 10.9 Å². The predicted molar refractivity (Wildman–Crippen MR) is 98.5 cm³/mol.